The van der Waals surface area contributed by atoms with E-state index in [1.165, 1.54) is 0 Å². The predicted octanol–water partition coefficient (Wildman–Crippen LogP) is 3.06. The lowest BCUT2D eigenvalue weighted by molar-refractivity contribution is -0.384. The standard InChI is InChI=1S/C14H17FN2O4/c1-9-3-2-5-16(6-4-9)12-8-11(15)10(14(18)19)7-13(12)17(20)21/h7-9H,2-6H2,1H3,(H,18,19). The number of aromatic carboxylic acids is 1. The van der Waals surface area contributed by atoms with Crippen LogP contribution < -0.4 is 4.90 Å². The Hall–Kier alpha value is -2.18. The third-order valence-electron chi connectivity index (χ3n) is 3.85. The average Bonchev–Trinajstić information content (AvgIpc) is 2.62. The van der Waals surface area contributed by atoms with Crippen LogP contribution in [0.15, 0.2) is 12.1 Å². The molecule has 6 nitrogen and oxygen atoms in total. The maximum absolute atomic E-state index is 13.8. The molecule has 1 unspecified atom stereocenters. The summed E-state index contributed by atoms with van der Waals surface area (Å²) in [5.74, 6) is -1.93. The molecule has 0 radical (unpaired) electrons. The van der Waals surface area contributed by atoms with Gasteiger partial charge in [-0.1, -0.05) is 6.92 Å². The van der Waals surface area contributed by atoms with Gasteiger partial charge in [0.15, 0.2) is 0 Å². The molecule has 0 aliphatic carbocycles. The van der Waals surface area contributed by atoms with Crippen LogP contribution >= 0.6 is 0 Å². The van der Waals surface area contributed by atoms with Gasteiger partial charge in [0.25, 0.3) is 5.69 Å². The number of nitrogens with zero attached hydrogens (tertiary/aromatic N) is 2. The van der Waals surface area contributed by atoms with Crippen LogP contribution in [0.2, 0.25) is 0 Å². The predicted molar refractivity (Wildman–Crippen MR) is 75.2 cm³/mol. The molecular formula is C14H17FN2O4. The van der Waals surface area contributed by atoms with Crippen molar-refractivity contribution in [1.82, 2.24) is 0 Å². The van der Waals surface area contributed by atoms with Crippen LogP contribution in [-0.2, 0) is 0 Å². The summed E-state index contributed by atoms with van der Waals surface area (Å²) in [6.07, 6.45) is 2.78. The Morgan fingerprint density at radius 3 is 2.76 bits per heavy atom. The number of nitro groups is 1. The van der Waals surface area contributed by atoms with Crippen LogP contribution in [0.4, 0.5) is 15.8 Å². The molecule has 1 saturated heterocycles. The van der Waals surface area contributed by atoms with Gasteiger partial charge in [-0.25, -0.2) is 9.18 Å². The highest BCUT2D eigenvalue weighted by Gasteiger charge is 2.26. The van der Waals surface area contributed by atoms with Crippen molar-refractivity contribution in [2.45, 2.75) is 26.2 Å². The van der Waals surface area contributed by atoms with Crippen molar-refractivity contribution < 1.29 is 19.2 Å². The highest BCUT2D eigenvalue weighted by molar-refractivity contribution is 5.90. The fourth-order valence-corrected chi connectivity index (χ4v) is 2.62. The number of hydrogen-bond donors (Lipinski definition) is 1. The van der Waals surface area contributed by atoms with E-state index in [1.54, 1.807) is 4.90 Å². The molecule has 0 bridgehead atoms. The van der Waals surface area contributed by atoms with Crippen LogP contribution in [0.3, 0.4) is 0 Å². The SMILES string of the molecule is CC1CCCN(c2cc(F)c(C(=O)O)cc2[N+](=O)[O-])CC1. The Morgan fingerprint density at radius 2 is 2.14 bits per heavy atom. The Bertz CT molecular complexity index is 576. The van der Waals surface area contributed by atoms with Gasteiger partial charge in [0.1, 0.15) is 17.1 Å². The number of nitro benzene ring substituents is 1. The van der Waals surface area contributed by atoms with Gasteiger partial charge in [-0.3, -0.25) is 10.1 Å². The topological polar surface area (TPSA) is 83.7 Å². The van der Waals surface area contributed by atoms with Crippen molar-refractivity contribution >= 4 is 17.3 Å². The number of halogens is 1. The van der Waals surface area contributed by atoms with Crippen LogP contribution in [0.1, 0.15) is 36.5 Å². The zero-order valence-electron chi connectivity index (χ0n) is 11.7. The highest BCUT2D eigenvalue weighted by atomic mass is 19.1. The average molecular weight is 296 g/mol. The number of hydrogen-bond acceptors (Lipinski definition) is 4. The van der Waals surface area contributed by atoms with E-state index in [2.05, 4.69) is 6.92 Å². The zero-order chi connectivity index (χ0) is 15.6. The van der Waals surface area contributed by atoms with Gasteiger partial charge >= 0.3 is 5.97 Å². The number of anilines is 1. The number of carboxylic acids is 1. The molecule has 1 fully saturated rings. The van der Waals surface area contributed by atoms with E-state index in [1.807, 2.05) is 0 Å². The molecule has 1 aromatic rings. The Balaban J connectivity index is 2.44. The molecule has 21 heavy (non-hydrogen) atoms. The van der Waals surface area contributed by atoms with Crippen LogP contribution in [0.5, 0.6) is 0 Å². The molecule has 114 valence electrons. The lowest BCUT2D eigenvalue weighted by Gasteiger charge is -2.22. The van der Waals surface area contributed by atoms with Crippen molar-refractivity contribution in [3.8, 4) is 0 Å². The first kappa shape index (κ1) is 15.2. The molecule has 0 spiro atoms. The summed E-state index contributed by atoms with van der Waals surface area (Å²) in [4.78, 5) is 23.2. The van der Waals surface area contributed by atoms with E-state index in [-0.39, 0.29) is 11.4 Å². The normalized spacial score (nSPS) is 19.1. The highest BCUT2D eigenvalue weighted by Crippen LogP contribution is 2.33. The van der Waals surface area contributed by atoms with Gasteiger partial charge in [-0.2, -0.15) is 0 Å². The maximum atomic E-state index is 13.8. The smallest absolute Gasteiger partial charge is 0.338 e. The van der Waals surface area contributed by atoms with Gasteiger partial charge in [-0.15, -0.1) is 0 Å². The Morgan fingerprint density at radius 1 is 1.43 bits per heavy atom. The number of carbonyl (C=O) groups is 1. The van der Waals surface area contributed by atoms with Crippen molar-refractivity contribution in [1.29, 1.82) is 0 Å². The van der Waals surface area contributed by atoms with E-state index in [4.69, 9.17) is 5.11 Å². The van der Waals surface area contributed by atoms with E-state index in [0.29, 0.717) is 19.0 Å². The van der Waals surface area contributed by atoms with E-state index < -0.39 is 22.3 Å². The summed E-state index contributed by atoms with van der Waals surface area (Å²) < 4.78 is 13.8. The Kier molecular flexibility index (Phi) is 4.40. The molecular weight excluding hydrogens is 279 g/mol. The van der Waals surface area contributed by atoms with Crippen molar-refractivity contribution in [2.24, 2.45) is 5.92 Å². The molecule has 1 heterocycles. The summed E-state index contributed by atoms with van der Waals surface area (Å²) in [5, 5.41) is 20.0. The molecule has 1 aromatic carbocycles. The minimum atomic E-state index is -1.51. The van der Waals surface area contributed by atoms with Gasteiger partial charge in [0.05, 0.1) is 4.92 Å². The van der Waals surface area contributed by atoms with Crippen LogP contribution in [0, 0.1) is 21.8 Å². The summed E-state index contributed by atoms with van der Waals surface area (Å²) in [6.45, 7) is 3.33. The van der Waals surface area contributed by atoms with Gasteiger partial charge < -0.3 is 10.0 Å². The monoisotopic (exact) mass is 296 g/mol. The van der Waals surface area contributed by atoms with Crippen molar-refractivity contribution in [2.75, 3.05) is 18.0 Å². The van der Waals surface area contributed by atoms with E-state index >= 15 is 0 Å². The van der Waals surface area contributed by atoms with Gasteiger partial charge in [0.2, 0.25) is 0 Å². The second-order valence-electron chi connectivity index (χ2n) is 5.41. The maximum Gasteiger partial charge on any atom is 0.338 e. The molecule has 1 aliphatic rings. The van der Waals surface area contributed by atoms with Crippen LogP contribution in [0.25, 0.3) is 0 Å². The quantitative estimate of drug-likeness (QED) is 0.684. The van der Waals surface area contributed by atoms with E-state index in [9.17, 15) is 19.3 Å². The molecule has 0 amide bonds. The molecule has 1 N–H and O–H groups in total. The fraction of sp³-hybridized carbons (Fsp3) is 0.500. The molecule has 2 rings (SSSR count). The first-order valence-electron chi connectivity index (χ1n) is 6.86. The fourth-order valence-electron chi connectivity index (χ4n) is 2.62. The number of carboxylic acid groups (broad SMARTS) is 1. The van der Waals surface area contributed by atoms with Crippen LogP contribution in [-0.4, -0.2) is 29.1 Å². The van der Waals surface area contributed by atoms with Crippen molar-refractivity contribution in [3.63, 3.8) is 0 Å². The largest absolute Gasteiger partial charge is 0.478 e. The third-order valence-corrected chi connectivity index (χ3v) is 3.85. The summed E-state index contributed by atoms with van der Waals surface area (Å²) in [6, 6.07) is 1.78. The summed E-state index contributed by atoms with van der Waals surface area (Å²) in [5.41, 5.74) is -0.867. The molecule has 0 aromatic heterocycles. The minimum absolute atomic E-state index is 0.164. The zero-order valence-corrected chi connectivity index (χ0v) is 11.7. The first-order chi connectivity index (χ1) is 9.90. The second-order valence-corrected chi connectivity index (χ2v) is 5.41. The lowest BCUT2D eigenvalue weighted by atomic mass is 10.0. The number of rotatable bonds is 3. The van der Waals surface area contributed by atoms with Gasteiger partial charge in [-0.05, 0) is 25.2 Å². The molecule has 7 heteroatoms. The first-order valence-corrected chi connectivity index (χ1v) is 6.86. The second kappa shape index (κ2) is 6.07. The lowest BCUT2D eigenvalue weighted by Crippen LogP contribution is -2.25. The molecule has 1 aliphatic heterocycles. The minimum Gasteiger partial charge on any atom is -0.478 e. The van der Waals surface area contributed by atoms with Crippen molar-refractivity contribution in [3.05, 3.63) is 33.6 Å². The number of benzene rings is 1. The Labute approximate surface area is 121 Å². The van der Waals surface area contributed by atoms with Gasteiger partial charge in [0, 0.05) is 25.2 Å². The van der Waals surface area contributed by atoms with E-state index in [0.717, 1.165) is 31.4 Å². The molecule has 1 atom stereocenters. The summed E-state index contributed by atoms with van der Waals surface area (Å²) in [7, 11) is 0. The third kappa shape index (κ3) is 3.29. The molecule has 0 saturated carbocycles. The summed E-state index contributed by atoms with van der Waals surface area (Å²) >= 11 is 0.